The first-order chi connectivity index (χ1) is 12.1. The number of likely N-dealkylation sites (N-methyl/N-ethyl adjacent to an activating group) is 1. The molecule has 0 spiro atoms. The number of allylic oxidation sites excluding steroid dienone is 1. The largest absolute Gasteiger partial charge is 0.858 e. The summed E-state index contributed by atoms with van der Waals surface area (Å²) in [5.74, 6) is -0.760. The van der Waals surface area contributed by atoms with E-state index in [9.17, 15) is 13.5 Å². The van der Waals surface area contributed by atoms with Crippen molar-refractivity contribution in [1.29, 1.82) is 0 Å². The van der Waals surface area contributed by atoms with Gasteiger partial charge in [-0.15, -0.1) is 4.40 Å². The molecule has 0 aromatic carbocycles. The number of aliphatic hydroxyl groups is 1. The summed E-state index contributed by atoms with van der Waals surface area (Å²) in [7, 11) is 0.188. The molecule has 0 aliphatic carbocycles. The highest BCUT2D eigenvalue weighted by atomic mass is 32.2. The molecule has 1 heterocycles. The van der Waals surface area contributed by atoms with Crippen LogP contribution in [-0.2, 0) is 19.2 Å². The minimum Gasteiger partial charge on any atom is -0.858 e. The Morgan fingerprint density at radius 1 is 1.23 bits per heavy atom. The van der Waals surface area contributed by atoms with Crippen LogP contribution in [0.1, 0.15) is 52.4 Å². The zero-order valence-corrected chi connectivity index (χ0v) is 17.3. The second-order valence-electron chi connectivity index (χ2n) is 6.88. The van der Waals surface area contributed by atoms with Gasteiger partial charge in [0.2, 0.25) is 0 Å². The van der Waals surface area contributed by atoms with Gasteiger partial charge in [0.25, 0.3) is 0 Å². The number of quaternary nitrogens is 1. The summed E-state index contributed by atoms with van der Waals surface area (Å²) in [6.07, 6.45) is 8.83. The maximum absolute atomic E-state index is 10.4. The lowest BCUT2D eigenvalue weighted by atomic mass is 10.1. The smallest absolute Gasteiger partial charge is 0.427 e. The van der Waals surface area contributed by atoms with E-state index in [0.717, 1.165) is 23.7 Å². The van der Waals surface area contributed by atoms with Crippen molar-refractivity contribution in [3.05, 3.63) is 11.8 Å². The molecule has 0 aromatic rings. The SMILES string of the molecule is CC1=CC([O-])=NS(=O)(=O)O1.CCCCCCCCOC[N+](C)(C)CCO. The van der Waals surface area contributed by atoms with Crippen molar-refractivity contribution in [2.75, 3.05) is 40.6 Å². The highest BCUT2D eigenvalue weighted by Crippen LogP contribution is 2.09. The van der Waals surface area contributed by atoms with Crippen molar-refractivity contribution in [3.8, 4) is 0 Å². The molecule has 0 bridgehead atoms. The maximum atomic E-state index is 10.4. The minimum atomic E-state index is -3.97. The summed E-state index contributed by atoms with van der Waals surface area (Å²) >= 11 is 0. The Morgan fingerprint density at radius 3 is 2.38 bits per heavy atom. The first-order valence-corrected chi connectivity index (χ1v) is 10.4. The van der Waals surface area contributed by atoms with Gasteiger partial charge in [-0.2, -0.15) is 8.42 Å². The zero-order valence-electron chi connectivity index (χ0n) is 16.4. The quantitative estimate of drug-likeness (QED) is 0.322. The molecular weight excluding hydrogens is 360 g/mol. The van der Waals surface area contributed by atoms with Crippen molar-refractivity contribution in [2.24, 2.45) is 4.40 Å². The van der Waals surface area contributed by atoms with Crippen LogP contribution in [0.25, 0.3) is 0 Å². The number of rotatable bonds is 11. The standard InChI is InChI=1S/C13H30NO2.C4H5NO4S/c1-4-5-6-7-8-9-12-16-13-14(2,3)10-11-15;1-3-2-4(6)5-10(7,8)9-3/h15H,4-13H2,1-3H3;2H,1H3,(H,5,6)/q+1;/p-1. The normalized spacial score (nSPS) is 16.0. The molecule has 0 saturated heterocycles. The fourth-order valence-corrected chi connectivity index (χ4v) is 2.84. The average Bonchev–Trinajstić information content (AvgIpc) is 2.48. The van der Waals surface area contributed by atoms with E-state index in [4.69, 9.17) is 9.84 Å². The number of ether oxygens (including phenoxy) is 1. The van der Waals surface area contributed by atoms with E-state index in [-0.39, 0.29) is 12.4 Å². The van der Waals surface area contributed by atoms with E-state index < -0.39 is 16.2 Å². The Balaban J connectivity index is 0.000000531. The number of unbranched alkanes of at least 4 members (excludes halogenated alkanes) is 5. The molecule has 1 aliphatic rings. The van der Waals surface area contributed by atoms with Gasteiger partial charge in [-0.25, -0.2) is 0 Å². The first kappa shape index (κ1) is 24.8. The Labute approximate surface area is 158 Å². The molecule has 1 N–H and O–H groups in total. The highest BCUT2D eigenvalue weighted by molar-refractivity contribution is 7.85. The van der Waals surface area contributed by atoms with Crippen LogP contribution in [0.5, 0.6) is 0 Å². The van der Waals surface area contributed by atoms with Crippen LogP contribution in [0.2, 0.25) is 0 Å². The van der Waals surface area contributed by atoms with Crippen LogP contribution >= 0.6 is 0 Å². The van der Waals surface area contributed by atoms with Crippen LogP contribution in [-0.4, -0.2) is 64.5 Å². The van der Waals surface area contributed by atoms with Crippen molar-refractivity contribution in [1.82, 2.24) is 0 Å². The zero-order chi connectivity index (χ0) is 20.1. The van der Waals surface area contributed by atoms with Crippen LogP contribution < -0.4 is 5.11 Å². The third kappa shape index (κ3) is 14.1. The summed E-state index contributed by atoms with van der Waals surface area (Å²) in [5, 5.41) is 19.2. The van der Waals surface area contributed by atoms with E-state index >= 15 is 0 Å². The van der Waals surface area contributed by atoms with Gasteiger partial charge in [-0.1, -0.05) is 39.0 Å². The van der Waals surface area contributed by atoms with E-state index in [0.29, 0.717) is 6.73 Å². The lowest BCUT2D eigenvalue weighted by Gasteiger charge is -2.28. The molecule has 0 saturated carbocycles. The second kappa shape index (κ2) is 13.1. The monoisotopic (exact) mass is 394 g/mol. The summed E-state index contributed by atoms with van der Waals surface area (Å²) in [4.78, 5) is 0. The van der Waals surface area contributed by atoms with Gasteiger partial charge in [-0.05, 0) is 19.4 Å². The minimum absolute atomic E-state index is 0.0417. The van der Waals surface area contributed by atoms with Gasteiger partial charge in [0.15, 0.2) is 6.73 Å². The lowest BCUT2D eigenvalue weighted by Crippen LogP contribution is -2.43. The van der Waals surface area contributed by atoms with Gasteiger partial charge < -0.3 is 23.6 Å². The van der Waals surface area contributed by atoms with Crippen LogP contribution in [0, 0.1) is 0 Å². The predicted molar refractivity (Wildman–Crippen MR) is 99.5 cm³/mol. The van der Waals surface area contributed by atoms with Crippen LogP contribution in [0.3, 0.4) is 0 Å². The Hall–Kier alpha value is -1.16. The molecule has 1 rings (SSSR count). The summed E-state index contributed by atoms with van der Waals surface area (Å²) < 4.78 is 34.1. The Morgan fingerprint density at radius 2 is 1.85 bits per heavy atom. The summed E-state index contributed by atoms with van der Waals surface area (Å²) in [5.41, 5.74) is 0. The molecule has 0 aromatic heterocycles. The van der Waals surface area contributed by atoms with Gasteiger partial charge in [0.05, 0.1) is 27.3 Å². The third-order valence-electron chi connectivity index (χ3n) is 3.55. The predicted octanol–water partition coefficient (Wildman–Crippen LogP) is 1.31. The third-order valence-corrected chi connectivity index (χ3v) is 4.43. The molecular formula is C17H34N2O6S. The number of nitrogens with zero attached hydrogens (tertiary/aromatic N) is 2. The van der Waals surface area contributed by atoms with E-state index in [2.05, 4.69) is 29.6 Å². The molecule has 1 aliphatic heterocycles. The van der Waals surface area contributed by atoms with Gasteiger partial charge in [0.1, 0.15) is 12.3 Å². The number of hydrogen-bond donors (Lipinski definition) is 1. The van der Waals surface area contributed by atoms with Crippen molar-refractivity contribution >= 4 is 16.2 Å². The molecule has 8 nitrogen and oxygen atoms in total. The molecule has 0 radical (unpaired) electrons. The van der Waals surface area contributed by atoms with E-state index in [1.807, 2.05) is 0 Å². The van der Waals surface area contributed by atoms with E-state index in [1.54, 1.807) is 0 Å². The lowest BCUT2D eigenvalue weighted by molar-refractivity contribution is -0.910. The molecule has 0 fully saturated rings. The van der Waals surface area contributed by atoms with E-state index in [1.165, 1.54) is 45.4 Å². The summed E-state index contributed by atoms with van der Waals surface area (Å²) in [6.45, 7) is 6.16. The Kier molecular flexibility index (Phi) is 12.5. The average molecular weight is 395 g/mol. The summed E-state index contributed by atoms with van der Waals surface area (Å²) in [6, 6.07) is 0. The fraction of sp³-hybridized carbons (Fsp3) is 0.824. The second-order valence-corrected chi connectivity index (χ2v) is 8.09. The van der Waals surface area contributed by atoms with Crippen molar-refractivity contribution in [2.45, 2.75) is 52.4 Å². The molecule has 26 heavy (non-hydrogen) atoms. The molecule has 0 amide bonds. The van der Waals surface area contributed by atoms with Gasteiger partial charge in [-0.3, -0.25) is 0 Å². The number of aliphatic hydroxyl groups excluding tert-OH is 1. The molecule has 0 unspecified atom stereocenters. The van der Waals surface area contributed by atoms with Crippen molar-refractivity contribution in [3.63, 3.8) is 0 Å². The number of hydrogen-bond acceptors (Lipinski definition) is 6. The van der Waals surface area contributed by atoms with Crippen LogP contribution in [0.4, 0.5) is 0 Å². The highest BCUT2D eigenvalue weighted by Gasteiger charge is 2.13. The van der Waals surface area contributed by atoms with Crippen LogP contribution in [0.15, 0.2) is 16.2 Å². The van der Waals surface area contributed by atoms with Crippen molar-refractivity contribution < 1.29 is 32.0 Å². The molecule has 9 heteroatoms. The van der Waals surface area contributed by atoms with Gasteiger partial charge in [0, 0.05) is 5.90 Å². The molecule has 154 valence electrons. The topological polar surface area (TPSA) is 108 Å². The maximum Gasteiger partial charge on any atom is 0.427 e. The molecule has 0 atom stereocenters. The fourth-order valence-electron chi connectivity index (χ4n) is 2.15. The Bertz CT molecular complexity index is 543. The van der Waals surface area contributed by atoms with Gasteiger partial charge >= 0.3 is 10.3 Å². The first-order valence-electron chi connectivity index (χ1n) is 9.02.